The Kier molecular flexibility index (Phi) is 5.17. The molecule has 1 amide bonds. The number of aldehydes is 1. The Labute approximate surface area is 166 Å². The monoisotopic (exact) mass is 380 g/mol. The number of benzene rings is 1. The van der Waals surface area contributed by atoms with Gasteiger partial charge >= 0.3 is 7.12 Å². The molecular weight excluding hydrogens is 355 g/mol. The number of aromatic nitrogens is 1. The number of anilines is 1. The molecule has 0 bridgehead atoms. The summed E-state index contributed by atoms with van der Waals surface area (Å²) in [6, 6.07) is 8.85. The van der Waals surface area contributed by atoms with Crippen LogP contribution >= 0.6 is 0 Å². The van der Waals surface area contributed by atoms with E-state index in [0.717, 1.165) is 16.7 Å². The zero-order valence-corrected chi connectivity index (χ0v) is 17.1. The Hall–Kier alpha value is -2.51. The summed E-state index contributed by atoms with van der Waals surface area (Å²) in [5, 5.41) is 0. The maximum absolute atomic E-state index is 12.8. The van der Waals surface area contributed by atoms with E-state index in [9.17, 15) is 9.59 Å². The standard InChI is InChI=1S/C21H25BN2O4/c1-14-16(22-27-20(2,3)21(4,5)28-22)8-7-9-18(14)24(6)19(26)17-11-10-15(13-25)12-23-17/h7-13H,1-6H3. The first-order valence-electron chi connectivity index (χ1n) is 9.22. The molecule has 0 aliphatic carbocycles. The van der Waals surface area contributed by atoms with Crippen molar-refractivity contribution in [1.29, 1.82) is 0 Å². The second kappa shape index (κ2) is 7.15. The lowest BCUT2D eigenvalue weighted by Crippen LogP contribution is -2.41. The van der Waals surface area contributed by atoms with E-state index < -0.39 is 18.3 Å². The molecule has 0 N–H and O–H groups in total. The molecule has 2 heterocycles. The van der Waals surface area contributed by atoms with Crippen molar-refractivity contribution in [2.45, 2.75) is 45.8 Å². The van der Waals surface area contributed by atoms with Crippen LogP contribution in [0.2, 0.25) is 0 Å². The number of hydrogen-bond donors (Lipinski definition) is 0. The van der Waals surface area contributed by atoms with Crippen LogP contribution in [0, 0.1) is 6.92 Å². The van der Waals surface area contributed by atoms with Crippen LogP contribution < -0.4 is 10.4 Å². The Morgan fingerprint density at radius 2 is 1.75 bits per heavy atom. The van der Waals surface area contributed by atoms with Crippen LogP contribution in [0.4, 0.5) is 5.69 Å². The largest absolute Gasteiger partial charge is 0.495 e. The van der Waals surface area contributed by atoms with Gasteiger partial charge < -0.3 is 14.2 Å². The van der Waals surface area contributed by atoms with Gasteiger partial charge in [0.1, 0.15) is 5.69 Å². The number of hydrogen-bond acceptors (Lipinski definition) is 5. The molecule has 1 saturated heterocycles. The van der Waals surface area contributed by atoms with Gasteiger partial charge in [0.25, 0.3) is 5.91 Å². The Morgan fingerprint density at radius 3 is 2.29 bits per heavy atom. The minimum atomic E-state index is -0.501. The summed E-state index contributed by atoms with van der Waals surface area (Å²) in [6.07, 6.45) is 2.09. The van der Waals surface area contributed by atoms with Gasteiger partial charge in [0.15, 0.2) is 6.29 Å². The first-order chi connectivity index (χ1) is 13.1. The smallest absolute Gasteiger partial charge is 0.399 e. The van der Waals surface area contributed by atoms with Gasteiger partial charge in [-0.25, -0.2) is 0 Å². The zero-order valence-electron chi connectivity index (χ0n) is 17.1. The molecule has 0 radical (unpaired) electrons. The third kappa shape index (κ3) is 3.47. The summed E-state index contributed by atoms with van der Waals surface area (Å²) in [6.45, 7) is 9.99. The predicted octanol–water partition coefficient (Wildman–Crippen LogP) is 2.78. The molecule has 6 nitrogen and oxygen atoms in total. The third-order valence-corrected chi connectivity index (χ3v) is 5.66. The zero-order chi connectivity index (χ0) is 20.7. The second-order valence-electron chi connectivity index (χ2n) is 8.04. The van der Waals surface area contributed by atoms with E-state index in [1.165, 1.54) is 6.20 Å². The van der Waals surface area contributed by atoms with Crippen molar-refractivity contribution in [3.8, 4) is 0 Å². The van der Waals surface area contributed by atoms with Gasteiger partial charge in [-0.15, -0.1) is 0 Å². The van der Waals surface area contributed by atoms with Crippen molar-refractivity contribution in [3.63, 3.8) is 0 Å². The summed E-state index contributed by atoms with van der Waals surface area (Å²) in [4.78, 5) is 29.3. The molecule has 3 rings (SSSR count). The van der Waals surface area contributed by atoms with E-state index >= 15 is 0 Å². The van der Waals surface area contributed by atoms with E-state index in [0.29, 0.717) is 11.8 Å². The number of nitrogens with zero attached hydrogens (tertiary/aromatic N) is 2. The van der Waals surface area contributed by atoms with Crippen LogP contribution in [0.1, 0.15) is 54.1 Å². The van der Waals surface area contributed by atoms with Gasteiger partial charge in [-0.3, -0.25) is 14.6 Å². The van der Waals surface area contributed by atoms with Crippen LogP contribution in [0.25, 0.3) is 0 Å². The highest BCUT2D eigenvalue weighted by Crippen LogP contribution is 2.37. The van der Waals surface area contributed by atoms with Crippen molar-refractivity contribution >= 4 is 30.5 Å². The SMILES string of the molecule is Cc1c(B2OC(C)(C)C(C)(C)O2)cccc1N(C)C(=O)c1ccc(C=O)cn1. The summed E-state index contributed by atoms with van der Waals surface area (Å²) in [7, 11) is 1.20. The maximum atomic E-state index is 12.8. The summed E-state index contributed by atoms with van der Waals surface area (Å²) in [5.41, 5.74) is 2.37. The molecule has 0 atom stereocenters. The quantitative estimate of drug-likeness (QED) is 0.603. The Bertz CT molecular complexity index is 893. The maximum Gasteiger partial charge on any atom is 0.495 e. The minimum Gasteiger partial charge on any atom is -0.399 e. The van der Waals surface area contributed by atoms with E-state index in [1.54, 1.807) is 24.1 Å². The Balaban J connectivity index is 1.90. The van der Waals surface area contributed by atoms with Crippen molar-refractivity contribution in [2.24, 2.45) is 0 Å². The van der Waals surface area contributed by atoms with Crippen LogP contribution in [-0.2, 0) is 9.31 Å². The molecule has 1 aromatic heterocycles. The predicted molar refractivity (Wildman–Crippen MR) is 109 cm³/mol. The van der Waals surface area contributed by atoms with E-state index in [2.05, 4.69) is 4.98 Å². The molecular formula is C21H25BN2O4. The van der Waals surface area contributed by atoms with E-state index in [1.807, 2.05) is 52.8 Å². The lowest BCUT2D eigenvalue weighted by Gasteiger charge is -2.32. The summed E-state index contributed by atoms with van der Waals surface area (Å²) < 4.78 is 12.3. The highest BCUT2D eigenvalue weighted by molar-refractivity contribution is 6.62. The highest BCUT2D eigenvalue weighted by Gasteiger charge is 2.52. The normalized spacial score (nSPS) is 17.4. The minimum absolute atomic E-state index is 0.258. The molecule has 7 heteroatoms. The van der Waals surface area contributed by atoms with Crippen LogP contribution in [0.3, 0.4) is 0 Å². The first-order valence-corrected chi connectivity index (χ1v) is 9.22. The van der Waals surface area contributed by atoms with Gasteiger partial charge in [0.2, 0.25) is 0 Å². The summed E-state index contributed by atoms with van der Waals surface area (Å²) >= 11 is 0. The molecule has 0 spiro atoms. The van der Waals surface area contributed by atoms with Gasteiger partial charge in [-0.05, 0) is 63.8 Å². The number of amides is 1. The van der Waals surface area contributed by atoms with Crippen LogP contribution in [0.15, 0.2) is 36.5 Å². The number of rotatable bonds is 4. The fourth-order valence-corrected chi connectivity index (χ4v) is 3.11. The number of carbonyl (C=O) groups is 2. The number of pyridine rings is 1. The van der Waals surface area contributed by atoms with Gasteiger partial charge in [0.05, 0.1) is 11.2 Å². The second-order valence-corrected chi connectivity index (χ2v) is 8.04. The van der Waals surface area contributed by atoms with Crippen molar-refractivity contribution < 1.29 is 18.9 Å². The van der Waals surface area contributed by atoms with Crippen molar-refractivity contribution in [2.75, 3.05) is 11.9 Å². The Morgan fingerprint density at radius 1 is 1.11 bits per heavy atom. The molecule has 2 aromatic rings. The van der Waals surface area contributed by atoms with Crippen LogP contribution in [0.5, 0.6) is 0 Å². The molecule has 146 valence electrons. The average molecular weight is 380 g/mol. The lowest BCUT2D eigenvalue weighted by molar-refractivity contribution is 0.00578. The van der Waals surface area contributed by atoms with Gasteiger partial charge in [-0.1, -0.05) is 12.1 Å². The topological polar surface area (TPSA) is 68.7 Å². The highest BCUT2D eigenvalue weighted by atomic mass is 16.7. The fraction of sp³-hybridized carbons (Fsp3) is 0.381. The number of carbonyl (C=O) groups excluding carboxylic acids is 2. The summed E-state index contributed by atoms with van der Waals surface area (Å²) in [5.74, 6) is -0.258. The van der Waals surface area contributed by atoms with E-state index in [-0.39, 0.29) is 11.6 Å². The van der Waals surface area contributed by atoms with Crippen molar-refractivity contribution in [3.05, 3.63) is 53.3 Å². The fourth-order valence-electron chi connectivity index (χ4n) is 3.11. The first kappa shape index (κ1) is 20.2. The lowest BCUT2D eigenvalue weighted by atomic mass is 9.75. The molecule has 1 aliphatic rings. The van der Waals surface area contributed by atoms with Gasteiger partial charge in [0, 0.05) is 24.5 Å². The average Bonchev–Trinajstić information content (AvgIpc) is 2.88. The van der Waals surface area contributed by atoms with E-state index in [4.69, 9.17) is 9.31 Å². The van der Waals surface area contributed by atoms with Crippen LogP contribution in [-0.4, -0.2) is 42.5 Å². The molecule has 1 aliphatic heterocycles. The van der Waals surface area contributed by atoms with Gasteiger partial charge in [-0.2, -0.15) is 0 Å². The molecule has 1 aromatic carbocycles. The molecule has 0 saturated carbocycles. The third-order valence-electron chi connectivity index (χ3n) is 5.66. The van der Waals surface area contributed by atoms with Crippen molar-refractivity contribution in [1.82, 2.24) is 4.98 Å². The molecule has 0 unspecified atom stereocenters. The molecule has 28 heavy (non-hydrogen) atoms. The molecule has 1 fully saturated rings.